The average molecular weight is 526 g/mol. The van der Waals surface area contributed by atoms with Crippen molar-refractivity contribution in [2.75, 3.05) is 38.3 Å². The van der Waals surface area contributed by atoms with Crippen LogP contribution in [0.2, 0.25) is 0 Å². The summed E-state index contributed by atoms with van der Waals surface area (Å²) in [4.78, 5) is 25.6. The molecule has 1 saturated carbocycles. The van der Waals surface area contributed by atoms with Crippen molar-refractivity contribution in [3.63, 3.8) is 0 Å². The number of carbonyl (C=O) groups excluding carboxylic acids is 1. The van der Waals surface area contributed by atoms with Gasteiger partial charge in [0.15, 0.2) is 0 Å². The molecule has 2 aromatic rings. The van der Waals surface area contributed by atoms with Gasteiger partial charge < -0.3 is 25.0 Å². The molecule has 206 valence electrons. The van der Waals surface area contributed by atoms with E-state index in [1.165, 1.54) is 6.07 Å². The van der Waals surface area contributed by atoms with Gasteiger partial charge in [-0.2, -0.15) is 0 Å². The molecular formula is C29H40FN5O3. The first-order chi connectivity index (χ1) is 18.4. The Labute approximate surface area is 224 Å². The van der Waals surface area contributed by atoms with E-state index in [4.69, 9.17) is 15.2 Å². The molecule has 2 aliphatic heterocycles. The summed E-state index contributed by atoms with van der Waals surface area (Å²) in [6, 6.07) is 5.06. The van der Waals surface area contributed by atoms with Gasteiger partial charge in [-0.3, -0.25) is 4.79 Å². The highest BCUT2D eigenvalue weighted by Crippen LogP contribution is 2.51. The Bertz CT molecular complexity index is 1110. The van der Waals surface area contributed by atoms with Crippen LogP contribution in [0, 0.1) is 17.7 Å². The van der Waals surface area contributed by atoms with Crippen molar-refractivity contribution in [1.29, 1.82) is 0 Å². The number of carbonyl (C=O) groups is 1. The van der Waals surface area contributed by atoms with E-state index in [-0.39, 0.29) is 23.9 Å². The Balaban J connectivity index is 1.05. The van der Waals surface area contributed by atoms with Crippen molar-refractivity contribution in [2.24, 2.45) is 17.6 Å². The van der Waals surface area contributed by atoms with Gasteiger partial charge in [-0.05, 0) is 68.9 Å². The van der Waals surface area contributed by atoms with Gasteiger partial charge in [0, 0.05) is 62.3 Å². The average Bonchev–Trinajstić information content (AvgIpc) is 3.39. The Morgan fingerprint density at radius 2 is 1.95 bits per heavy atom. The minimum Gasteiger partial charge on any atom is -0.493 e. The molecule has 1 unspecified atom stereocenters. The maximum absolute atomic E-state index is 14.7. The molecule has 3 atom stereocenters. The number of hydrogen-bond donors (Lipinski definition) is 1. The summed E-state index contributed by atoms with van der Waals surface area (Å²) in [6.45, 7) is 5.66. The van der Waals surface area contributed by atoms with Crippen LogP contribution in [-0.4, -0.2) is 65.7 Å². The highest BCUT2D eigenvalue weighted by Gasteiger charge is 2.54. The number of nitrogens with zero attached hydrogens (tertiary/aromatic N) is 4. The van der Waals surface area contributed by atoms with Crippen molar-refractivity contribution in [2.45, 2.75) is 70.1 Å². The van der Waals surface area contributed by atoms with E-state index < -0.39 is 5.82 Å². The first kappa shape index (κ1) is 26.8. The molecule has 9 heteroatoms. The monoisotopic (exact) mass is 525 g/mol. The minimum absolute atomic E-state index is 0.00856. The number of anilines is 1. The standard InChI is InChI=1S/C29H40FN5O3/c1-20-4-3-10-35(20)27(36)14-23-5-6-24(15-26(23)30)38-13-9-29(31)16-25(29)22-7-11-34(12-8-22)28-32-17-21(18-33-28)19-37-2/h5-6,15,17-18,20,22,25H,3-4,7-14,16,19,31H2,1-2H3/t20-,25+,29?/m0/s1. The molecule has 2 saturated heterocycles. The van der Waals surface area contributed by atoms with E-state index in [2.05, 4.69) is 21.8 Å². The second-order valence-corrected chi connectivity index (χ2v) is 11.3. The molecule has 5 rings (SSSR count). The largest absolute Gasteiger partial charge is 0.493 e. The van der Waals surface area contributed by atoms with Crippen LogP contribution in [0.3, 0.4) is 0 Å². The molecule has 8 nitrogen and oxygen atoms in total. The van der Waals surface area contributed by atoms with E-state index in [0.29, 0.717) is 36.4 Å². The first-order valence-electron chi connectivity index (χ1n) is 13.9. The van der Waals surface area contributed by atoms with Crippen molar-refractivity contribution in [1.82, 2.24) is 14.9 Å². The van der Waals surface area contributed by atoms with Crippen LogP contribution in [0.25, 0.3) is 0 Å². The fourth-order valence-electron chi connectivity index (χ4n) is 6.22. The smallest absolute Gasteiger partial charge is 0.227 e. The number of rotatable bonds is 10. The van der Waals surface area contributed by atoms with Crippen LogP contribution >= 0.6 is 0 Å². The van der Waals surface area contributed by atoms with Crippen LogP contribution in [0.1, 0.15) is 56.6 Å². The maximum atomic E-state index is 14.7. The summed E-state index contributed by atoms with van der Waals surface area (Å²) in [5.41, 5.74) is 7.89. The number of likely N-dealkylation sites (tertiary alicyclic amines) is 1. The summed E-state index contributed by atoms with van der Waals surface area (Å²) in [6.07, 6.45) is 9.70. The summed E-state index contributed by atoms with van der Waals surface area (Å²) >= 11 is 0. The quantitative estimate of drug-likeness (QED) is 0.505. The number of ether oxygens (including phenoxy) is 2. The molecular weight excluding hydrogens is 485 g/mol. The summed E-state index contributed by atoms with van der Waals surface area (Å²) in [5, 5.41) is 0. The number of amides is 1. The van der Waals surface area contributed by atoms with Gasteiger partial charge in [-0.25, -0.2) is 14.4 Å². The van der Waals surface area contributed by atoms with Crippen molar-refractivity contribution in [3.05, 3.63) is 47.5 Å². The minimum atomic E-state index is -0.390. The molecule has 1 amide bonds. The summed E-state index contributed by atoms with van der Waals surface area (Å²) in [5.74, 6) is 1.95. The number of aromatic nitrogens is 2. The first-order valence-corrected chi connectivity index (χ1v) is 13.9. The van der Waals surface area contributed by atoms with Gasteiger partial charge in [-0.1, -0.05) is 6.07 Å². The number of piperidine rings is 1. The zero-order chi connectivity index (χ0) is 26.7. The van der Waals surface area contributed by atoms with Crippen molar-refractivity contribution in [3.8, 4) is 5.75 Å². The lowest BCUT2D eigenvalue weighted by Crippen LogP contribution is -2.38. The molecule has 0 bridgehead atoms. The van der Waals surface area contributed by atoms with Gasteiger partial charge in [0.2, 0.25) is 11.9 Å². The summed E-state index contributed by atoms with van der Waals surface area (Å²) in [7, 11) is 1.67. The lowest BCUT2D eigenvalue weighted by atomic mass is 9.89. The zero-order valence-corrected chi connectivity index (χ0v) is 22.6. The third-order valence-electron chi connectivity index (χ3n) is 8.65. The topological polar surface area (TPSA) is 93.8 Å². The van der Waals surface area contributed by atoms with E-state index in [9.17, 15) is 9.18 Å². The lowest BCUT2D eigenvalue weighted by Gasteiger charge is -2.33. The van der Waals surface area contributed by atoms with Crippen LogP contribution in [0.4, 0.5) is 10.3 Å². The Morgan fingerprint density at radius 3 is 2.61 bits per heavy atom. The highest BCUT2D eigenvalue weighted by atomic mass is 19.1. The predicted octanol–water partition coefficient (Wildman–Crippen LogP) is 3.72. The number of methoxy groups -OCH3 is 1. The number of benzene rings is 1. The Hall–Kier alpha value is -2.78. The third-order valence-corrected chi connectivity index (χ3v) is 8.65. The van der Waals surface area contributed by atoms with E-state index in [1.807, 2.05) is 17.3 Å². The van der Waals surface area contributed by atoms with Crippen molar-refractivity contribution >= 4 is 11.9 Å². The van der Waals surface area contributed by atoms with Gasteiger partial charge >= 0.3 is 0 Å². The normalized spacial score (nSPS) is 25.6. The van der Waals surface area contributed by atoms with Gasteiger partial charge in [0.05, 0.1) is 19.6 Å². The number of nitrogens with two attached hydrogens (primary N) is 1. The third kappa shape index (κ3) is 6.10. The number of halogens is 1. The molecule has 1 aromatic heterocycles. The molecule has 0 spiro atoms. The van der Waals surface area contributed by atoms with Crippen LogP contribution in [-0.2, 0) is 22.6 Å². The van der Waals surface area contributed by atoms with E-state index in [1.54, 1.807) is 19.2 Å². The molecule has 3 heterocycles. The van der Waals surface area contributed by atoms with Crippen LogP contribution in [0.5, 0.6) is 5.75 Å². The zero-order valence-electron chi connectivity index (χ0n) is 22.6. The van der Waals surface area contributed by atoms with Crippen molar-refractivity contribution < 1.29 is 18.7 Å². The lowest BCUT2D eigenvalue weighted by molar-refractivity contribution is -0.131. The fraction of sp³-hybridized carbons (Fsp3) is 0.621. The molecule has 2 N–H and O–H groups in total. The number of hydrogen-bond acceptors (Lipinski definition) is 7. The maximum Gasteiger partial charge on any atom is 0.227 e. The van der Waals surface area contributed by atoms with Gasteiger partial charge in [0.25, 0.3) is 0 Å². The molecule has 38 heavy (non-hydrogen) atoms. The fourth-order valence-corrected chi connectivity index (χ4v) is 6.22. The molecule has 0 radical (unpaired) electrons. The molecule has 1 aromatic carbocycles. The molecule has 3 fully saturated rings. The Kier molecular flexibility index (Phi) is 8.14. The summed E-state index contributed by atoms with van der Waals surface area (Å²) < 4.78 is 25.7. The predicted molar refractivity (Wildman–Crippen MR) is 143 cm³/mol. The second-order valence-electron chi connectivity index (χ2n) is 11.3. The Morgan fingerprint density at radius 1 is 1.18 bits per heavy atom. The van der Waals surface area contributed by atoms with Crippen LogP contribution in [0.15, 0.2) is 30.6 Å². The van der Waals surface area contributed by atoms with Gasteiger partial charge in [-0.15, -0.1) is 0 Å². The van der Waals surface area contributed by atoms with Crippen LogP contribution < -0.4 is 15.4 Å². The SMILES string of the molecule is COCc1cnc(N2CCC([C@H]3CC3(N)CCOc3ccc(CC(=O)N4CCC[C@@H]4C)c(F)c3)CC2)nc1. The molecule has 3 aliphatic rings. The van der Waals surface area contributed by atoms with E-state index >= 15 is 0 Å². The van der Waals surface area contributed by atoms with Gasteiger partial charge in [0.1, 0.15) is 11.6 Å². The molecule has 1 aliphatic carbocycles. The second kappa shape index (κ2) is 11.5. The van der Waals surface area contributed by atoms with E-state index in [0.717, 1.165) is 69.7 Å². The highest BCUT2D eigenvalue weighted by molar-refractivity contribution is 5.79.